The van der Waals surface area contributed by atoms with Crippen LogP contribution >= 0.6 is 11.8 Å². The van der Waals surface area contributed by atoms with E-state index in [1.165, 1.54) is 4.90 Å². The molecule has 0 heterocycles. The first-order valence-electron chi connectivity index (χ1n) is 6.15. The number of carbonyl (C=O) groups is 3. The molecule has 3 amide bonds. The van der Waals surface area contributed by atoms with Crippen LogP contribution in [0.1, 0.15) is 32.6 Å². The Morgan fingerprint density at radius 3 is 2.47 bits per heavy atom. The van der Waals surface area contributed by atoms with E-state index in [0.29, 0.717) is 0 Å². The molecular weight excluding hydrogens is 268 g/mol. The number of rotatable bonds is 8. The van der Waals surface area contributed by atoms with Crippen LogP contribution in [0.25, 0.3) is 0 Å². The minimum absolute atomic E-state index is 0.0467. The third-order valence-electron chi connectivity index (χ3n) is 2.76. The number of imide groups is 1. The van der Waals surface area contributed by atoms with Crippen molar-refractivity contribution in [1.29, 1.82) is 0 Å². The van der Waals surface area contributed by atoms with Gasteiger partial charge >= 0.3 is 12.0 Å². The molecule has 19 heavy (non-hydrogen) atoms. The topological polar surface area (TPSA) is 86.7 Å². The lowest BCUT2D eigenvalue weighted by Crippen LogP contribution is -2.44. The highest BCUT2D eigenvalue weighted by atomic mass is 32.2. The summed E-state index contributed by atoms with van der Waals surface area (Å²) in [4.78, 5) is 34.9. The molecule has 0 saturated carbocycles. The highest BCUT2D eigenvalue weighted by Gasteiger charge is 2.17. The van der Waals surface area contributed by atoms with Gasteiger partial charge in [-0.15, -0.1) is 0 Å². The molecule has 7 heteroatoms. The van der Waals surface area contributed by atoms with Gasteiger partial charge in [0.1, 0.15) is 0 Å². The first kappa shape index (κ1) is 17.8. The lowest BCUT2D eigenvalue weighted by molar-refractivity contribution is -0.137. The molecule has 0 aromatic carbocycles. The Morgan fingerprint density at radius 1 is 1.32 bits per heavy atom. The molecule has 0 spiro atoms. The van der Waals surface area contributed by atoms with E-state index >= 15 is 0 Å². The Hall–Kier alpha value is -1.24. The maximum Gasteiger partial charge on any atom is 0.324 e. The van der Waals surface area contributed by atoms with Gasteiger partial charge in [-0.3, -0.25) is 14.9 Å². The van der Waals surface area contributed by atoms with Crippen molar-refractivity contribution in [2.75, 3.05) is 19.1 Å². The van der Waals surface area contributed by atoms with Crippen LogP contribution in [0.15, 0.2) is 0 Å². The van der Waals surface area contributed by atoms with Gasteiger partial charge in [0.25, 0.3) is 0 Å². The van der Waals surface area contributed by atoms with E-state index in [-0.39, 0.29) is 25.3 Å². The van der Waals surface area contributed by atoms with Crippen molar-refractivity contribution in [2.24, 2.45) is 0 Å². The number of carboxylic acids is 1. The van der Waals surface area contributed by atoms with E-state index in [1.807, 2.05) is 13.2 Å². The normalized spacial score (nSPS) is 11.7. The van der Waals surface area contributed by atoms with Gasteiger partial charge in [-0.25, -0.2) is 4.79 Å². The van der Waals surface area contributed by atoms with Gasteiger partial charge in [-0.05, 0) is 31.8 Å². The van der Waals surface area contributed by atoms with Gasteiger partial charge in [-0.2, -0.15) is 11.8 Å². The lowest BCUT2D eigenvalue weighted by atomic mass is 10.2. The van der Waals surface area contributed by atoms with Crippen molar-refractivity contribution in [3.63, 3.8) is 0 Å². The van der Waals surface area contributed by atoms with Gasteiger partial charge in [0.15, 0.2) is 0 Å². The number of aliphatic carboxylic acids is 1. The zero-order chi connectivity index (χ0) is 14.8. The first-order chi connectivity index (χ1) is 8.88. The summed E-state index contributed by atoms with van der Waals surface area (Å²) in [5, 5.41) is 10.7. The fraction of sp³-hybridized carbons (Fsp3) is 0.750. The average Bonchev–Trinajstić information content (AvgIpc) is 2.34. The molecule has 110 valence electrons. The monoisotopic (exact) mass is 290 g/mol. The quantitative estimate of drug-likeness (QED) is 0.708. The Labute approximate surface area is 117 Å². The van der Waals surface area contributed by atoms with Crippen molar-refractivity contribution >= 4 is 29.7 Å². The summed E-state index contributed by atoms with van der Waals surface area (Å²) >= 11 is 1.71. The van der Waals surface area contributed by atoms with Crippen LogP contribution in [0.3, 0.4) is 0 Å². The van der Waals surface area contributed by atoms with E-state index in [2.05, 4.69) is 5.32 Å². The second-order valence-corrected chi connectivity index (χ2v) is 5.33. The smallest absolute Gasteiger partial charge is 0.324 e. The second-order valence-electron chi connectivity index (χ2n) is 4.34. The van der Waals surface area contributed by atoms with Crippen LogP contribution in [-0.2, 0) is 9.59 Å². The van der Waals surface area contributed by atoms with Crippen LogP contribution in [0, 0.1) is 0 Å². The number of nitrogens with one attached hydrogen (secondary N) is 1. The van der Waals surface area contributed by atoms with E-state index in [4.69, 9.17) is 5.11 Å². The predicted molar refractivity (Wildman–Crippen MR) is 75.2 cm³/mol. The summed E-state index contributed by atoms with van der Waals surface area (Å²) in [5.41, 5.74) is 0. The van der Waals surface area contributed by atoms with Crippen LogP contribution < -0.4 is 5.32 Å². The Balaban J connectivity index is 4.00. The third kappa shape index (κ3) is 8.47. The molecule has 0 aliphatic carbocycles. The number of hydrogen-bond acceptors (Lipinski definition) is 4. The summed E-state index contributed by atoms with van der Waals surface area (Å²) in [7, 11) is 1.64. The third-order valence-corrected chi connectivity index (χ3v) is 3.41. The fourth-order valence-corrected chi connectivity index (χ4v) is 1.93. The van der Waals surface area contributed by atoms with Gasteiger partial charge in [0, 0.05) is 25.9 Å². The van der Waals surface area contributed by atoms with Crippen molar-refractivity contribution in [1.82, 2.24) is 10.2 Å². The van der Waals surface area contributed by atoms with E-state index < -0.39 is 17.9 Å². The van der Waals surface area contributed by atoms with Gasteiger partial charge in [0.05, 0.1) is 0 Å². The molecule has 2 N–H and O–H groups in total. The number of amides is 3. The maximum atomic E-state index is 11.7. The molecule has 6 nitrogen and oxygen atoms in total. The van der Waals surface area contributed by atoms with Crippen molar-refractivity contribution < 1.29 is 19.5 Å². The van der Waals surface area contributed by atoms with Crippen LogP contribution in [-0.4, -0.2) is 53.0 Å². The van der Waals surface area contributed by atoms with Gasteiger partial charge in [0.2, 0.25) is 5.91 Å². The fourth-order valence-electron chi connectivity index (χ4n) is 1.35. The van der Waals surface area contributed by atoms with Crippen molar-refractivity contribution in [2.45, 2.75) is 38.6 Å². The number of urea groups is 1. The Bertz CT molecular complexity index is 323. The van der Waals surface area contributed by atoms with Crippen LogP contribution in [0.2, 0.25) is 0 Å². The summed E-state index contributed by atoms with van der Waals surface area (Å²) in [5.74, 6) is -0.428. The first-order valence-corrected chi connectivity index (χ1v) is 7.55. The molecular formula is C12H22N2O4S. The summed E-state index contributed by atoms with van der Waals surface area (Å²) in [6, 6.07) is -0.381. The molecule has 0 aliphatic heterocycles. The van der Waals surface area contributed by atoms with E-state index in [0.717, 1.165) is 12.2 Å². The van der Waals surface area contributed by atoms with Crippen LogP contribution in [0.4, 0.5) is 4.79 Å². The molecule has 0 saturated heterocycles. The molecule has 0 rings (SSSR count). The number of carboxylic acid groups (broad SMARTS) is 1. The van der Waals surface area contributed by atoms with E-state index in [1.54, 1.807) is 18.8 Å². The highest BCUT2D eigenvalue weighted by molar-refractivity contribution is 7.98. The minimum Gasteiger partial charge on any atom is -0.481 e. The highest BCUT2D eigenvalue weighted by Crippen LogP contribution is 2.06. The minimum atomic E-state index is -0.943. The number of carbonyl (C=O) groups excluding carboxylic acids is 2. The molecule has 0 fully saturated rings. The summed E-state index contributed by atoms with van der Waals surface area (Å²) < 4.78 is 0. The molecule has 1 atom stereocenters. The largest absolute Gasteiger partial charge is 0.481 e. The van der Waals surface area contributed by atoms with Gasteiger partial charge in [-0.1, -0.05) is 0 Å². The Morgan fingerprint density at radius 2 is 1.95 bits per heavy atom. The molecule has 0 aliphatic rings. The molecule has 0 bridgehead atoms. The lowest BCUT2D eigenvalue weighted by Gasteiger charge is -2.24. The summed E-state index contributed by atoms with van der Waals surface area (Å²) in [6.45, 7) is 1.92. The zero-order valence-corrected chi connectivity index (χ0v) is 12.5. The molecule has 0 aromatic rings. The Kier molecular flexibility index (Phi) is 9.03. The van der Waals surface area contributed by atoms with Crippen molar-refractivity contribution in [3.8, 4) is 0 Å². The number of thioether (sulfide) groups is 1. The van der Waals surface area contributed by atoms with E-state index in [9.17, 15) is 14.4 Å². The maximum absolute atomic E-state index is 11.7. The molecule has 0 aromatic heterocycles. The van der Waals surface area contributed by atoms with Crippen LogP contribution in [0.5, 0.6) is 0 Å². The van der Waals surface area contributed by atoms with Crippen molar-refractivity contribution in [3.05, 3.63) is 0 Å². The number of hydrogen-bond donors (Lipinski definition) is 2. The average molecular weight is 290 g/mol. The zero-order valence-electron chi connectivity index (χ0n) is 11.6. The number of nitrogens with zero attached hydrogens (tertiary/aromatic N) is 1. The molecule has 1 unspecified atom stereocenters. The van der Waals surface area contributed by atoms with Gasteiger partial charge < -0.3 is 10.0 Å². The molecule has 0 radical (unpaired) electrons. The summed E-state index contributed by atoms with van der Waals surface area (Å²) in [6.07, 6.45) is 3.07. The standard InChI is InChI=1S/C12H22N2O4S/c1-9(7-8-19-3)14(2)12(18)13-10(15)5-4-6-11(16)17/h9H,4-8H2,1-3H3,(H,16,17)(H,13,15,18). The predicted octanol–water partition coefficient (Wildman–Crippen LogP) is 1.55. The SMILES string of the molecule is CSCCC(C)N(C)C(=O)NC(=O)CCCC(=O)O. The second kappa shape index (κ2) is 9.66.